The van der Waals surface area contributed by atoms with Gasteiger partial charge in [0.15, 0.2) is 6.10 Å². The molecular formula is C24H22N2O4. The van der Waals surface area contributed by atoms with Gasteiger partial charge in [-0.1, -0.05) is 60.7 Å². The van der Waals surface area contributed by atoms with Gasteiger partial charge < -0.3 is 20.9 Å². The Balaban J connectivity index is 1.49. The highest BCUT2D eigenvalue weighted by molar-refractivity contribution is 5.98. The molecule has 0 aromatic heterocycles. The van der Waals surface area contributed by atoms with Crippen LogP contribution in [0.3, 0.4) is 0 Å². The maximum absolute atomic E-state index is 12.8. The second-order valence-electron chi connectivity index (χ2n) is 7.28. The first kappa shape index (κ1) is 19.8. The Kier molecular flexibility index (Phi) is 5.61. The molecule has 0 heterocycles. The van der Waals surface area contributed by atoms with E-state index in [1.54, 1.807) is 6.07 Å². The minimum atomic E-state index is -1.48. The Bertz CT molecular complexity index is 1080. The van der Waals surface area contributed by atoms with Crippen LogP contribution in [0.15, 0.2) is 72.8 Å². The summed E-state index contributed by atoms with van der Waals surface area (Å²) in [4.78, 5) is 24.2. The summed E-state index contributed by atoms with van der Waals surface area (Å²) in [5, 5.41) is 12.1. The summed E-state index contributed by atoms with van der Waals surface area (Å²) in [6.07, 6.45) is -0.536. The Morgan fingerprint density at radius 2 is 1.67 bits per heavy atom. The fraction of sp³-hybridized carbons (Fsp3) is 0.167. The Hall–Kier alpha value is -3.48. The molecule has 4 N–H and O–H groups in total. The summed E-state index contributed by atoms with van der Waals surface area (Å²) in [6, 6.07) is 21.6. The van der Waals surface area contributed by atoms with E-state index in [4.69, 9.17) is 10.5 Å². The molecule has 0 saturated carbocycles. The lowest BCUT2D eigenvalue weighted by Crippen LogP contribution is -2.49. The minimum absolute atomic E-state index is 0.0827. The van der Waals surface area contributed by atoms with Gasteiger partial charge in [-0.05, 0) is 46.4 Å². The van der Waals surface area contributed by atoms with Gasteiger partial charge in [-0.2, -0.15) is 0 Å². The number of carbonyl (C=O) groups is 2. The van der Waals surface area contributed by atoms with E-state index in [2.05, 4.69) is 17.4 Å². The SMILES string of the molecule is N[C@H](C(=O)O)[C@H](OCc1ccccc1)C(=O)Nc1ccc2c(c1)Cc1ccccc1-2. The van der Waals surface area contributed by atoms with Crippen LogP contribution in [0.1, 0.15) is 16.7 Å². The lowest BCUT2D eigenvalue weighted by atomic mass is 10.1. The zero-order valence-corrected chi connectivity index (χ0v) is 16.2. The maximum Gasteiger partial charge on any atom is 0.323 e. The summed E-state index contributed by atoms with van der Waals surface area (Å²) in [7, 11) is 0. The number of amides is 1. The molecule has 0 saturated heterocycles. The molecule has 0 bridgehead atoms. The molecule has 1 amide bonds. The van der Waals surface area contributed by atoms with Gasteiger partial charge >= 0.3 is 5.97 Å². The molecule has 152 valence electrons. The lowest BCUT2D eigenvalue weighted by Gasteiger charge is -2.21. The second-order valence-corrected chi connectivity index (χ2v) is 7.28. The Morgan fingerprint density at radius 3 is 2.43 bits per heavy atom. The quantitative estimate of drug-likeness (QED) is 0.441. The van der Waals surface area contributed by atoms with Crippen LogP contribution in [0.4, 0.5) is 5.69 Å². The van der Waals surface area contributed by atoms with E-state index in [9.17, 15) is 14.7 Å². The normalized spacial score (nSPS) is 13.8. The first-order chi connectivity index (χ1) is 14.5. The number of carbonyl (C=O) groups excluding carboxylic acids is 1. The molecule has 30 heavy (non-hydrogen) atoms. The van der Waals surface area contributed by atoms with Crippen LogP contribution < -0.4 is 11.1 Å². The van der Waals surface area contributed by atoms with Crippen molar-refractivity contribution in [2.24, 2.45) is 5.73 Å². The highest BCUT2D eigenvalue weighted by Crippen LogP contribution is 2.37. The molecule has 0 radical (unpaired) electrons. The van der Waals surface area contributed by atoms with Crippen molar-refractivity contribution < 1.29 is 19.4 Å². The van der Waals surface area contributed by atoms with Crippen molar-refractivity contribution in [3.05, 3.63) is 89.5 Å². The van der Waals surface area contributed by atoms with Crippen LogP contribution >= 0.6 is 0 Å². The second kappa shape index (κ2) is 8.49. The monoisotopic (exact) mass is 402 g/mol. The summed E-state index contributed by atoms with van der Waals surface area (Å²) in [5.74, 6) is -1.89. The predicted octanol–water partition coefficient (Wildman–Crippen LogP) is 3.19. The van der Waals surface area contributed by atoms with Gasteiger partial charge in [0, 0.05) is 5.69 Å². The molecule has 0 fully saturated rings. The number of nitrogens with two attached hydrogens (primary N) is 1. The number of nitrogens with one attached hydrogen (secondary N) is 1. The average molecular weight is 402 g/mol. The Morgan fingerprint density at radius 1 is 0.967 bits per heavy atom. The average Bonchev–Trinajstić information content (AvgIpc) is 3.12. The minimum Gasteiger partial charge on any atom is -0.480 e. The summed E-state index contributed by atoms with van der Waals surface area (Å²) >= 11 is 0. The van der Waals surface area contributed by atoms with E-state index < -0.39 is 24.0 Å². The van der Waals surface area contributed by atoms with Crippen molar-refractivity contribution in [3.8, 4) is 11.1 Å². The van der Waals surface area contributed by atoms with Crippen LogP contribution in [-0.2, 0) is 27.4 Å². The number of carboxylic acids is 1. The molecule has 6 nitrogen and oxygen atoms in total. The summed E-state index contributed by atoms with van der Waals surface area (Å²) in [6.45, 7) is 0.0827. The van der Waals surface area contributed by atoms with E-state index >= 15 is 0 Å². The van der Waals surface area contributed by atoms with Crippen LogP contribution in [0, 0.1) is 0 Å². The van der Waals surface area contributed by atoms with Gasteiger partial charge in [-0.25, -0.2) is 0 Å². The van der Waals surface area contributed by atoms with Crippen molar-refractivity contribution in [1.29, 1.82) is 0 Å². The third-order valence-electron chi connectivity index (χ3n) is 5.20. The molecule has 2 atom stereocenters. The number of hydrogen-bond donors (Lipinski definition) is 3. The van der Waals surface area contributed by atoms with E-state index in [1.807, 2.05) is 54.6 Å². The third kappa shape index (κ3) is 4.10. The smallest absolute Gasteiger partial charge is 0.323 e. The number of aliphatic carboxylic acids is 1. The summed E-state index contributed by atoms with van der Waals surface area (Å²) in [5.41, 5.74) is 11.8. The van der Waals surface area contributed by atoms with E-state index in [-0.39, 0.29) is 6.61 Å². The number of fused-ring (bicyclic) bond motifs is 3. The molecule has 3 aromatic rings. The van der Waals surface area contributed by atoms with Crippen molar-refractivity contribution in [2.75, 3.05) is 5.32 Å². The Labute approximate surface area is 174 Å². The molecule has 4 rings (SSSR count). The fourth-order valence-electron chi connectivity index (χ4n) is 3.67. The molecule has 6 heteroatoms. The van der Waals surface area contributed by atoms with Gasteiger partial charge in [-0.15, -0.1) is 0 Å². The number of anilines is 1. The first-order valence-corrected chi connectivity index (χ1v) is 9.69. The number of benzene rings is 3. The molecule has 1 aliphatic rings. The van der Waals surface area contributed by atoms with Crippen molar-refractivity contribution in [2.45, 2.75) is 25.2 Å². The number of rotatable bonds is 7. The maximum atomic E-state index is 12.8. The lowest BCUT2D eigenvalue weighted by molar-refractivity contribution is -0.147. The zero-order valence-electron chi connectivity index (χ0n) is 16.2. The molecule has 0 aliphatic heterocycles. The van der Waals surface area contributed by atoms with E-state index in [0.717, 1.165) is 23.1 Å². The third-order valence-corrected chi connectivity index (χ3v) is 5.20. The standard InChI is InChI=1S/C24H22N2O4/c25-21(24(28)29)22(30-14-15-6-2-1-3-7-15)23(27)26-18-10-11-20-17(13-18)12-16-8-4-5-9-19(16)20/h1-11,13,21-22H,12,14,25H2,(H,26,27)(H,28,29)/t21-,22-/m0/s1. The number of ether oxygens (including phenoxy) is 1. The van der Waals surface area contributed by atoms with Gasteiger partial charge in [0.25, 0.3) is 5.91 Å². The van der Waals surface area contributed by atoms with Crippen LogP contribution in [0.2, 0.25) is 0 Å². The molecule has 3 aromatic carbocycles. The highest BCUT2D eigenvalue weighted by atomic mass is 16.5. The van der Waals surface area contributed by atoms with Gasteiger partial charge in [0.2, 0.25) is 0 Å². The predicted molar refractivity (Wildman–Crippen MR) is 114 cm³/mol. The van der Waals surface area contributed by atoms with E-state index in [1.165, 1.54) is 11.1 Å². The van der Waals surface area contributed by atoms with Gasteiger partial charge in [-0.3, -0.25) is 9.59 Å². The largest absolute Gasteiger partial charge is 0.480 e. The van der Waals surface area contributed by atoms with Crippen molar-refractivity contribution in [3.63, 3.8) is 0 Å². The topological polar surface area (TPSA) is 102 Å². The molecule has 0 unspecified atom stereocenters. The van der Waals surface area contributed by atoms with E-state index in [0.29, 0.717) is 5.69 Å². The number of hydrogen-bond acceptors (Lipinski definition) is 4. The molecule has 1 aliphatic carbocycles. The summed E-state index contributed by atoms with van der Waals surface area (Å²) < 4.78 is 5.61. The van der Waals surface area contributed by atoms with Crippen molar-refractivity contribution >= 4 is 17.6 Å². The van der Waals surface area contributed by atoms with Crippen LogP contribution in [0.25, 0.3) is 11.1 Å². The van der Waals surface area contributed by atoms with Crippen molar-refractivity contribution in [1.82, 2.24) is 0 Å². The van der Waals surface area contributed by atoms with Gasteiger partial charge in [0.1, 0.15) is 6.04 Å². The molecule has 0 spiro atoms. The fourth-order valence-corrected chi connectivity index (χ4v) is 3.67. The van der Waals surface area contributed by atoms with Crippen LogP contribution in [-0.4, -0.2) is 29.1 Å². The zero-order chi connectivity index (χ0) is 21.1. The van der Waals surface area contributed by atoms with Crippen LogP contribution in [0.5, 0.6) is 0 Å². The first-order valence-electron chi connectivity index (χ1n) is 9.69. The number of carboxylic acid groups (broad SMARTS) is 1. The molecular weight excluding hydrogens is 380 g/mol. The highest BCUT2D eigenvalue weighted by Gasteiger charge is 2.32. The van der Waals surface area contributed by atoms with Gasteiger partial charge in [0.05, 0.1) is 6.61 Å².